The van der Waals surface area contributed by atoms with Crippen molar-refractivity contribution in [3.63, 3.8) is 0 Å². The molecule has 0 aliphatic carbocycles. The molecule has 0 spiro atoms. The number of hydrogen-bond donors (Lipinski definition) is 2. The van der Waals surface area contributed by atoms with Gasteiger partial charge in [-0.05, 0) is 12.1 Å². The van der Waals surface area contributed by atoms with Crippen molar-refractivity contribution in [2.24, 2.45) is 5.73 Å². The number of nitrogens with one attached hydrogen (secondary N) is 1. The third-order valence-electron chi connectivity index (χ3n) is 1.96. The van der Waals surface area contributed by atoms with Gasteiger partial charge in [-0.15, -0.1) is 0 Å². The standard InChI is InChI=1S/C11H9ClN4S/c12-7-3-1-2-4-9(7)17-10-6-15-8(5-16-10)11(13)14/h1-6H,(H3,13,14). The van der Waals surface area contributed by atoms with E-state index in [0.717, 1.165) is 4.90 Å². The highest BCUT2D eigenvalue weighted by molar-refractivity contribution is 7.99. The highest BCUT2D eigenvalue weighted by Crippen LogP contribution is 2.31. The average molecular weight is 265 g/mol. The number of benzene rings is 1. The van der Waals surface area contributed by atoms with Crippen molar-refractivity contribution in [3.8, 4) is 0 Å². The largest absolute Gasteiger partial charge is 0.382 e. The molecule has 0 atom stereocenters. The summed E-state index contributed by atoms with van der Waals surface area (Å²) in [6, 6.07) is 7.51. The second kappa shape index (κ2) is 5.16. The Morgan fingerprint density at radius 3 is 2.59 bits per heavy atom. The lowest BCUT2D eigenvalue weighted by molar-refractivity contribution is 1.04. The van der Waals surface area contributed by atoms with Gasteiger partial charge in [0.15, 0.2) is 0 Å². The van der Waals surface area contributed by atoms with Crippen LogP contribution in [0.1, 0.15) is 5.69 Å². The third kappa shape index (κ3) is 2.95. The van der Waals surface area contributed by atoms with Crippen molar-refractivity contribution < 1.29 is 0 Å². The lowest BCUT2D eigenvalue weighted by Crippen LogP contribution is -2.13. The molecule has 86 valence electrons. The first-order valence-electron chi connectivity index (χ1n) is 4.75. The van der Waals surface area contributed by atoms with Crippen molar-refractivity contribution in [1.82, 2.24) is 9.97 Å². The molecular formula is C11H9ClN4S. The first-order valence-corrected chi connectivity index (χ1v) is 5.95. The van der Waals surface area contributed by atoms with Gasteiger partial charge in [-0.25, -0.2) is 9.97 Å². The molecule has 0 aliphatic rings. The van der Waals surface area contributed by atoms with E-state index in [0.29, 0.717) is 15.7 Å². The van der Waals surface area contributed by atoms with E-state index in [1.165, 1.54) is 18.0 Å². The van der Waals surface area contributed by atoms with Crippen LogP contribution in [0.3, 0.4) is 0 Å². The van der Waals surface area contributed by atoms with Gasteiger partial charge in [-0.1, -0.05) is 35.5 Å². The summed E-state index contributed by atoms with van der Waals surface area (Å²) in [7, 11) is 0. The maximum Gasteiger partial charge on any atom is 0.143 e. The normalized spacial score (nSPS) is 10.2. The van der Waals surface area contributed by atoms with Gasteiger partial charge in [0.25, 0.3) is 0 Å². The topological polar surface area (TPSA) is 75.7 Å². The molecule has 2 rings (SSSR count). The molecule has 1 heterocycles. The Labute approximate surface area is 108 Å². The van der Waals surface area contributed by atoms with Crippen molar-refractivity contribution >= 4 is 29.2 Å². The maximum absolute atomic E-state index is 7.21. The summed E-state index contributed by atoms with van der Waals surface area (Å²) in [5.74, 6) is -0.0909. The summed E-state index contributed by atoms with van der Waals surface area (Å²) < 4.78 is 0. The maximum atomic E-state index is 7.21. The molecule has 0 fully saturated rings. The number of halogens is 1. The second-order valence-corrected chi connectivity index (χ2v) is 4.66. The van der Waals surface area contributed by atoms with Crippen LogP contribution in [-0.4, -0.2) is 15.8 Å². The number of nitrogens with zero attached hydrogens (tertiary/aromatic N) is 2. The highest BCUT2D eigenvalue weighted by atomic mass is 35.5. The van der Waals surface area contributed by atoms with Gasteiger partial charge in [0.1, 0.15) is 16.6 Å². The Bertz CT molecular complexity index is 541. The van der Waals surface area contributed by atoms with Crippen molar-refractivity contribution in [3.05, 3.63) is 47.4 Å². The minimum Gasteiger partial charge on any atom is -0.382 e. The lowest BCUT2D eigenvalue weighted by Gasteiger charge is -2.03. The summed E-state index contributed by atoms with van der Waals surface area (Å²) in [4.78, 5) is 9.10. The molecule has 0 aliphatic heterocycles. The van der Waals surface area contributed by atoms with E-state index in [1.54, 1.807) is 6.20 Å². The van der Waals surface area contributed by atoms with Crippen LogP contribution in [0.4, 0.5) is 0 Å². The van der Waals surface area contributed by atoms with E-state index < -0.39 is 0 Å². The molecule has 2 aromatic rings. The fourth-order valence-corrected chi connectivity index (χ4v) is 2.15. The molecule has 0 saturated heterocycles. The third-order valence-corrected chi connectivity index (χ3v) is 3.39. The number of nitrogens with two attached hydrogens (primary N) is 1. The lowest BCUT2D eigenvalue weighted by atomic mass is 10.4. The van der Waals surface area contributed by atoms with Crippen LogP contribution in [0.2, 0.25) is 5.02 Å². The summed E-state index contributed by atoms with van der Waals surface area (Å²) in [5.41, 5.74) is 5.66. The average Bonchev–Trinajstić information content (AvgIpc) is 2.33. The summed E-state index contributed by atoms with van der Waals surface area (Å²) in [6.45, 7) is 0. The predicted molar refractivity (Wildman–Crippen MR) is 68.6 cm³/mol. The summed E-state index contributed by atoms with van der Waals surface area (Å²) in [6.07, 6.45) is 3.05. The molecule has 0 radical (unpaired) electrons. The highest BCUT2D eigenvalue weighted by Gasteiger charge is 2.04. The van der Waals surface area contributed by atoms with E-state index in [4.69, 9.17) is 22.7 Å². The van der Waals surface area contributed by atoms with E-state index >= 15 is 0 Å². The van der Waals surface area contributed by atoms with Crippen LogP contribution < -0.4 is 5.73 Å². The Balaban J connectivity index is 2.20. The van der Waals surface area contributed by atoms with Crippen LogP contribution in [0.5, 0.6) is 0 Å². The van der Waals surface area contributed by atoms with Crippen LogP contribution in [0, 0.1) is 5.41 Å². The number of hydrogen-bond acceptors (Lipinski definition) is 4. The molecule has 17 heavy (non-hydrogen) atoms. The van der Waals surface area contributed by atoms with Gasteiger partial charge in [0, 0.05) is 4.90 Å². The van der Waals surface area contributed by atoms with Crippen molar-refractivity contribution in [2.75, 3.05) is 0 Å². The van der Waals surface area contributed by atoms with Gasteiger partial charge in [-0.3, -0.25) is 5.41 Å². The molecule has 0 saturated carbocycles. The SMILES string of the molecule is N=C(N)c1cnc(Sc2ccccc2Cl)cn1. The van der Waals surface area contributed by atoms with Crippen molar-refractivity contribution in [2.45, 2.75) is 9.92 Å². The first-order chi connectivity index (χ1) is 8.16. The fourth-order valence-electron chi connectivity index (χ4n) is 1.15. The minimum atomic E-state index is -0.0909. The van der Waals surface area contributed by atoms with Crippen LogP contribution in [0.15, 0.2) is 46.6 Å². The Morgan fingerprint density at radius 2 is 2.00 bits per heavy atom. The Hall–Kier alpha value is -1.59. The van der Waals surface area contributed by atoms with Gasteiger partial charge in [-0.2, -0.15) is 0 Å². The zero-order valence-corrected chi connectivity index (χ0v) is 10.3. The molecular weight excluding hydrogens is 256 g/mol. The smallest absolute Gasteiger partial charge is 0.143 e. The van der Waals surface area contributed by atoms with Crippen LogP contribution >= 0.6 is 23.4 Å². The molecule has 0 bridgehead atoms. The first kappa shape index (κ1) is 11.9. The fraction of sp³-hybridized carbons (Fsp3) is 0. The van der Waals surface area contributed by atoms with E-state index in [-0.39, 0.29) is 5.84 Å². The van der Waals surface area contributed by atoms with Crippen LogP contribution in [-0.2, 0) is 0 Å². The van der Waals surface area contributed by atoms with Gasteiger partial charge >= 0.3 is 0 Å². The number of aromatic nitrogens is 2. The number of amidine groups is 1. The number of nitrogen functional groups attached to an aromatic ring is 1. The Kier molecular flexibility index (Phi) is 3.61. The monoisotopic (exact) mass is 264 g/mol. The van der Waals surface area contributed by atoms with E-state index in [2.05, 4.69) is 9.97 Å². The predicted octanol–water partition coefficient (Wildman–Crippen LogP) is 2.57. The van der Waals surface area contributed by atoms with Gasteiger partial charge < -0.3 is 5.73 Å². The molecule has 1 aromatic heterocycles. The van der Waals surface area contributed by atoms with Crippen LogP contribution in [0.25, 0.3) is 0 Å². The summed E-state index contributed by atoms with van der Waals surface area (Å²) >= 11 is 7.45. The number of rotatable bonds is 3. The molecule has 0 amide bonds. The van der Waals surface area contributed by atoms with Crippen molar-refractivity contribution in [1.29, 1.82) is 5.41 Å². The minimum absolute atomic E-state index is 0.0909. The quantitative estimate of drug-likeness (QED) is 0.660. The van der Waals surface area contributed by atoms with Gasteiger partial charge in [0.05, 0.1) is 17.4 Å². The second-order valence-electron chi connectivity index (χ2n) is 3.19. The summed E-state index contributed by atoms with van der Waals surface area (Å²) in [5, 5.41) is 8.60. The van der Waals surface area contributed by atoms with E-state index in [9.17, 15) is 0 Å². The van der Waals surface area contributed by atoms with E-state index in [1.807, 2.05) is 24.3 Å². The molecule has 6 heteroatoms. The molecule has 0 unspecified atom stereocenters. The zero-order chi connectivity index (χ0) is 12.3. The molecule has 1 aromatic carbocycles. The zero-order valence-electron chi connectivity index (χ0n) is 8.72. The Morgan fingerprint density at radius 1 is 1.24 bits per heavy atom. The molecule has 4 nitrogen and oxygen atoms in total. The van der Waals surface area contributed by atoms with Gasteiger partial charge in [0.2, 0.25) is 0 Å². The molecule has 3 N–H and O–H groups in total.